The van der Waals surface area contributed by atoms with Crippen LogP contribution in [0.1, 0.15) is 18.9 Å². The van der Waals surface area contributed by atoms with Gasteiger partial charge in [0.2, 0.25) is 0 Å². The van der Waals surface area contributed by atoms with E-state index in [1.165, 1.54) is 6.07 Å². The molecule has 8 nitrogen and oxygen atoms in total. The van der Waals surface area contributed by atoms with Crippen molar-refractivity contribution in [3.8, 4) is 23.0 Å². The van der Waals surface area contributed by atoms with Gasteiger partial charge in [-0.05, 0) is 57.6 Å². The van der Waals surface area contributed by atoms with E-state index in [0.29, 0.717) is 41.2 Å². The van der Waals surface area contributed by atoms with E-state index in [0.717, 1.165) is 55.9 Å². The molecule has 2 aliphatic rings. The average Bonchev–Trinajstić information content (AvgIpc) is 3.31. The van der Waals surface area contributed by atoms with E-state index in [-0.39, 0.29) is 12.6 Å². The van der Waals surface area contributed by atoms with Crippen LogP contribution in [-0.2, 0) is 0 Å². The Morgan fingerprint density at radius 3 is 2.84 bits per heavy atom. The number of anilines is 1. The second-order valence-corrected chi connectivity index (χ2v) is 10.0. The summed E-state index contributed by atoms with van der Waals surface area (Å²) in [7, 11) is 2.12. The molecule has 37 heavy (non-hydrogen) atoms. The number of ether oxygens (including phenoxy) is 2. The molecule has 2 saturated heterocycles. The molecule has 0 bridgehead atoms. The van der Waals surface area contributed by atoms with E-state index in [1.807, 2.05) is 13.0 Å². The van der Waals surface area contributed by atoms with Crippen LogP contribution >= 0.6 is 0 Å². The van der Waals surface area contributed by atoms with E-state index >= 15 is 4.39 Å². The Hall–Kier alpha value is -3.30. The molecule has 0 radical (unpaired) electrons. The van der Waals surface area contributed by atoms with E-state index < -0.39 is 5.82 Å². The molecule has 0 unspecified atom stereocenters. The van der Waals surface area contributed by atoms with Gasteiger partial charge in [-0.1, -0.05) is 18.7 Å². The maximum Gasteiger partial charge on any atom is 0.320 e. The second-order valence-electron chi connectivity index (χ2n) is 10.0. The Labute approximate surface area is 217 Å². The molecule has 0 saturated carbocycles. The number of benzene rings is 1. The van der Waals surface area contributed by atoms with Crippen LogP contribution in [0.25, 0.3) is 22.3 Å². The molecule has 4 heterocycles. The standard InChI is InChI=1S/C28H35FN6O2/c1-5-13-36-23-8-6-7-22(29)24(23)25-18(2)14-21-26(31-25)32-28(37-17-20-9-11-34(4)16-20)33-27(21)35-12-10-30-15-19(35)3/h5-8,14,19-20,30H,1,9-13,15-17H2,2-4H3/t19-,20-/m1/s1. The van der Waals surface area contributed by atoms with Gasteiger partial charge in [-0.25, -0.2) is 9.37 Å². The number of rotatable bonds is 8. The van der Waals surface area contributed by atoms with E-state index in [2.05, 4.69) is 35.7 Å². The monoisotopic (exact) mass is 506 g/mol. The summed E-state index contributed by atoms with van der Waals surface area (Å²) < 4.78 is 27.1. The second kappa shape index (κ2) is 11.0. The molecule has 0 spiro atoms. The fourth-order valence-electron chi connectivity index (χ4n) is 5.17. The molecule has 9 heteroatoms. The molecule has 1 N–H and O–H groups in total. The minimum absolute atomic E-state index is 0.244. The average molecular weight is 507 g/mol. The van der Waals surface area contributed by atoms with Crippen molar-refractivity contribution in [2.45, 2.75) is 26.3 Å². The van der Waals surface area contributed by atoms with Crippen LogP contribution in [0.3, 0.4) is 0 Å². The number of piperazine rings is 1. The van der Waals surface area contributed by atoms with Crippen molar-refractivity contribution in [2.24, 2.45) is 5.92 Å². The van der Waals surface area contributed by atoms with Crippen molar-refractivity contribution in [2.75, 3.05) is 57.9 Å². The molecule has 0 aliphatic carbocycles. The van der Waals surface area contributed by atoms with Crippen LogP contribution in [0, 0.1) is 18.7 Å². The molecule has 5 rings (SSSR count). The zero-order valence-electron chi connectivity index (χ0n) is 21.8. The molecular weight excluding hydrogens is 471 g/mol. The summed E-state index contributed by atoms with van der Waals surface area (Å²) in [5, 5.41) is 4.26. The lowest BCUT2D eigenvalue weighted by atomic mass is 10.0. The summed E-state index contributed by atoms with van der Waals surface area (Å²) in [5.41, 5.74) is 2.10. The zero-order valence-corrected chi connectivity index (χ0v) is 21.8. The minimum Gasteiger partial charge on any atom is -0.489 e. The highest BCUT2D eigenvalue weighted by molar-refractivity contribution is 5.91. The summed E-state index contributed by atoms with van der Waals surface area (Å²) in [6.45, 7) is 13.2. The third-order valence-corrected chi connectivity index (χ3v) is 7.12. The van der Waals surface area contributed by atoms with Gasteiger partial charge >= 0.3 is 6.01 Å². The summed E-state index contributed by atoms with van der Waals surface area (Å²) in [5.74, 6) is 1.26. The van der Waals surface area contributed by atoms with Gasteiger partial charge in [0.05, 0.1) is 23.3 Å². The highest BCUT2D eigenvalue weighted by Crippen LogP contribution is 2.37. The van der Waals surface area contributed by atoms with Crippen LogP contribution in [0.4, 0.5) is 10.2 Å². The largest absolute Gasteiger partial charge is 0.489 e. The molecule has 3 aromatic rings. The molecule has 1 aromatic carbocycles. The Kier molecular flexibility index (Phi) is 7.53. The number of nitrogens with one attached hydrogen (secondary N) is 1. The topological polar surface area (TPSA) is 75.6 Å². The first-order valence-electron chi connectivity index (χ1n) is 12.9. The van der Waals surface area contributed by atoms with Crippen molar-refractivity contribution >= 4 is 16.9 Å². The van der Waals surface area contributed by atoms with E-state index in [4.69, 9.17) is 24.4 Å². The van der Waals surface area contributed by atoms with Gasteiger partial charge in [0.15, 0.2) is 5.65 Å². The zero-order chi connectivity index (χ0) is 25.9. The van der Waals surface area contributed by atoms with Crippen molar-refractivity contribution in [3.63, 3.8) is 0 Å². The highest BCUT2D eigenvalue weighted by atomic mass is 19.1. The maximum atomic E-state index is 15.1. The van der Waals surface area contributed by atoms with Crippen LogP contribution in [-0.4, -0.2) is 78.9 Å². The Morgan fingerprint density at radius 2 is 2.08 bits per heavy atom. The van der Waals surface area contributed by atoms with E-state index in [9.17, 15) is 0 Å². The van der Waals surface area contributed by atoms with Crippen LogP contribution in [0.2, 0.25) is 0 Å². The number of fused-ring (bicyclic) bond motifs is 1. The van der Waals surface area contributed by atoms with Crippen LogP contribution < -0.4 is 19.7 Å². The Bertz CT molecular complexity index is 1290. The lowest BCUT2D eigenvalue weighted by Crippen LogP contribution is -2.50. The van der Waals surface area contributed by atoms with Gasteiger partial charge in [0.1, 0.15) is 24.0 Å². The predicted octanol–water partition coefficient (Wildman–Crippen LogP) is 3.83. The van der Waals surface area contributed by atoms with E-state index in [1.54, 1.807) is 18.2 Å². The number of aryl methyl sites for hydroxylation is 1. The SMILES string of the molecule is C=CCOc1cccc(F)c1-c1nc2nc(OC[C@@H]3CCN(C)C3)nc(N3CCNC[C@H]3C)c2cc1C. The number of nitrogens with zero attached hydrogens (tertiary/aromatic N) is 5. The number of halogens is 1. The lowest BCUT2D eigenvalue weighted by molar-refractivity contribution is 0.233. The highest BCUT2D eigenvalue weighted by Gasteiger charge is 2.26. The number of aromatic nitrogens is 3. The molecule has 196 valence electrons. The third kappa shape index (κ3) is 5.38. The van der Waals surface area contributed by atoms with Gasteiger partial charge in [-0.2, -0.15) is 9.97 Å². The van der Waals surface area contributed by atoms with Crippen molar-refractivity contribution < 1.29 is 13.9 Å². The maximum absolute atomic E-state index is 15.1. The van der Waals surface area contributed by atoms with Gasteiger partial charge < -0.3 is 24.6 Å². The van der Waals surface area contributed by atoms with Crippen molar-refractivity contribution in [1.29, 1.82) is 0 Å². The number of hydrogen-bond acceptors (Lipinski definition) is 8. The summed E-state index contributed by atoms with van der Waals surface area (Å²) in [6, 6.07) is 7.35. The van der Waals surface area contributed by atoms with Gasteiger partial charge in [0.25, 0.3) is 0 Å². The summed E-state index contributed by atoms with van der Waals surface area (Å²) in [6.07, 6.45) is 2.73. The quantitative estimate of drug-likeness (QED) is 0.462. The van der Waals surface area contributed by atoms with Gasteiger partial charge in [0, 0.05) is 38.1 Å². The van der Waals surface area contributed by atoms with Gasteiger partial charge in [-0.15, -0.1) is 0 Å². The third-order valence-electron chi connectivity index (χ3n) is 7.12. The molecule has 2 atom stereocenters. The fourth-order valence-corrected chi connectivity index (χ4v) is 5.17. The smallest absolute Gasteiger partial charge is 0.320 e. The van der Waals surface area contributed by atoms with Crippen LogP contribution in [0.15, 0.2) is 36.9 Å². The normalized spacial score (nSPS) is 20.4. The first-order chi connectivity index (χ1) is 17.9. The molecular formula is C28H35FN6O2. The number of likely N-dealkylation sites (tertiary alicyclic amines) is 1. The fraction of sp³-hybridized carbons (Fsp3) is 0.464. The number of hydrogen-bond donors (Lipinski definition) is 1. The molecule has 0 amide bonds. The predicted molar refractivity (Wildman–Crippen MR) is 144 cm³/mol. The minimum atomic E-state index is -0.400. The lowest BCUT2D eigenvalue weighted by Gasteiger charge is -2.35. The van der Waals surface area contributed by atoms with Crippen LogP contribution in [0.5, 0.6) is 11.8 Å². The molecule has 2 aromatic heterocycles. The Morgan fingerprint density at radius 1 is 1.22 bits per heavy atom. The summed E-state index contributed by atoms with van der Waals surface area (Å²) in [4.78, 5) is 19.0. The Balaban J connectivity index is 1.60. The first-order valence-corrected chi connectivity index (χ1v) is 12.9. The van der Waals surface area contributed by atoms with Gasteiger partial charge in [-0.3, -0.25) is 0 Å². The first kappa shape index (κ1) is 25.4. The molecule has 2 aliphatic heterocycles. The molecule has 2 fully saturated rings. The van der Waals surface area contributed by atoms with Crippen molar-refractivity contribution in [1.82, 2.24) is 25.2 Å². The summed E-state index contributed by atoms with van der Waals surface area (Å²) >= 11 is 0. The number of pyridine rings is 1. The van der Waals surface area contributed by atoms with Crippen molar-refractivity contribution in [3.05, 3.63) is 48.3 Å².